The van der Waals surface area contributed by atoms with Gasteiger partial charge in [0.25, 0.3) is 0 Å². The highest BCUT2D eigenvalue weighted by atomic mass is 32.1. The number of carbonyl (C=O) groups is 1. The standard InChI is InChI=1S/C16H20N6OS/c1-11(14-10-21-6-7-24-16(21)19-14)18-15(23)3-2-12-8-13-9-17-4-5-22(13)20-12/h6-8,10-11,17H,2-5,9H2,1H3,(H,18,23). The van der Waals surface area contributed by atoms with E-state index in [0.717, 1.165) is 36.0 Å². The van der Waals surface area contributed by atoms with E-state index in [-0.39, 0.29) is 11.9 Å². The largest absolute Gasteiger partial charge is 0.348 e. The number of aromatic nitrogens is 4. The third kappa shape index (κ3) is 3.07. The molecule has 1 unspecified atom stereocenters. The molecule has 3 aromatic heterocycles. The molecule has 0 radical (unpaired) electrons. The molecule has 1 atom stereocenters. The van der Waals surface area contributed by atoms with E-state index in [4.69, 9.17) is 0 Å². The van der Waals surface area contributed by atoms with Gasteiger partial charge in [-0.3, -0.25) is 13.9 Å². The summed E-state index contributed by atoms with van der Waals surface area (Å²) in [5, 5.41) is 12.9. The molecule has 0 aliphatic carbocycles. The predicted molar refractivity (Wildman–Crippen MR) is 91.9 cm³/mol. The first-order chi connectivity index (χ1) is 11.7. The summed E-state index contributed by atoms with van der Waals surface area (Å²) in [5.74, 6) is 0.0305. The van der Waals surface area contributed by atoms with Crippen molar-refractivity contribution in [2.24, 2.45) is 0 Å². The lowest BCUT2D eigenvalue weighted by atomic mass is 10.2. The molecule has 1 amide bonds. The summed E-state index contributed by atoms with van der Waals surface area (Å²) in [6.07, 6.45) is 5.04. The summed E-state index contributed by atoms with van der Waals surface area (Å²) in [4.78, 5) is 17.7. The molecule has 0 spiro atoms. The first-order valence-electron chi connectivity index (χ1n) is 8.17. The van der Waals surface area contributed by atoms with E-state index in [1.165, 1.54) is 5.69 Å². The number of amides is 1. The van der Waals surface area contributed by atoms with Gasteiger partial charge in [0.2, 0.25) is 5.91 Å². The molecule has 7 nitrogen and oxygen atoms in total. The average molecular weight is 344 g/mol. The summed E-state index contributed by atoms with van der Waals surface area (Å²) < 4.78 is 4.01. The van der Waals surface area contributed by atoms with Gasteiger partial charge in [-0.15, -0.1) is 11.3 Å². The zero-order valence-corrected chi connectivity index (χ0v) is 14.3. The predicted octanol–water partition coefficient (Wildman–Crippen LogP) is 1.51. The monoisotopic (exact) mass is 344 g/mol. The molecule has 0 aromatic carbocycles. The Morgan fingerprint density at radius 2 is 2.46 bits per heavy atom. The van der Waals surface area contributed by atoms with Crippen molar-refractivity contribution >= 4 is 22.2 Å². The molecule has 8 heteroatoms. The van der Waals surface area contributed by atoms with E-state index in [1.54, 1.807) is 11.3 Å². The number of fused-ring (bicyclic) bond motifs is 2. The fraction of sp³-hybridized carbons (Fsp3) is 0.438. The number of hydrogen-bond donors (Lipinski definition) is 2. The Hall–Kier alpha value is -2.19. The van der Waals surface area contributed by atoms with Crippen molar-refractivity contribution in [3.8, 4) is 0 Å². The summed E-state index contributed by atoms with van der Waals surface area (Å²) in [6.45, 7) is 4.67. The average Bonchev–Trinajstić information content (AvgIpc) is 3.26. The lowest BCUT2D eigenvalue weighted by Crippen LogP contribution is -2.28. The van der Waals surface area contributed by atoms with Crippen molar-refractivity contribution in [2.75, 3.05) is 6.54 Å². The van der Waals surface area contributed by atoms with E-state index in [9.17, 15) is 4.79 Å². The van der Waals surface area contributed by atoms with Gasteiger partial charge in [-0.2, -0.15) is 5.10 Å². The number of hydrogen-bond acceptors (Lipinski definition) is 5. The van der Waals surface area contributed by atoms with E-state index in [1.807, 2.05) is 33.8 Å². The molecule has 2 N–H and O–H groups in total. The maximum Gasteiger partial charge on any atom is 0.220 e. The van der Waals surface area contributed by atoms with Crippen LogP contribution < -0.4 is 10.6 Å². The molecule has 0 saturated carbocycles. The van der Waals surface area contributed by atoms with Crippen LogP contribution in [0.3, 0.4) is 0 Å². The number of thiazole rings is 1. The van der Waals surface area contributed by atoms with Crippen LogP contribution in [0.4, 0.5) is 0 Å². The van der Waals surface area contributed by atoms with Crippen molar-refractivity contribution in [1.82, 2.24) is 29.8 Å². The number of nitrogens with zero attached hydrogens (tertiary/aromatic N) is 4. The highest BCUT2D eigenvalue weighted by molar-refractivity contribution is 7.15. The Morgan fingerprint density at radius 1 is 1.54 bits per heavy atom. The Bertz CT molecular complexity index is 811. The highest BCUT2D eigenvalue weighted by Gasteiger charge is 2.15. The maximum atomic E-state index is 12.2. The summed E-state index contributed by atoms with van der Waals surface area (Å²) in [6, 6.07) is 2.00. The summed E-state index contributed by atoms with van der Waals surface area (Å²) in [5.41, 5.74) is 3.07. The number of imidazole rings is 1. The molecule has 24 heavy (non-hydrogen) atoms. The van der Waals surface area contributed by atoms with E-state index < -0.39 is 0 Å². The normalized spacial score (nSPS) is 15.4. The van der Waals surface area contributed by atoms with Gasteiger partial charge < -0.3 is 10.6 Å². The Balaban J connectivity index is 1.32. The second kappa shape index (κ2) is 6.37. The number of aryl methyl sites for hydroxylation is 1. The number of carbonyl (C=O) groups excluding carboxylic acids is 1. The minimum absolute atomic E-state index is 0.0305. The van der Waals surface area contributed by atoms with Crippen molar-refractivity contribution in [2.45, 2.75) is 38.9 Å². The van der Waals surface area contributed by atoms with Crippen LogP contribution in [0.25, 0.3) is 4.96 Å². The van der Waals surface area contributed by atoms with Gasteiger partial charge in [0.05, 0.1) is 29.7 Å². The molecule has 4 heterocycles. The van der Waals surface area contributed by atoms with Crippen LogP contribution in [-0.2, 0) is 24.3 Å². The fourth-order valence-electron chi connectivity index (χ4n) is 2.96. The fourth-order valence-corrected chi connectivity index (χ4v) is 3.66. The first kappa shape index (κ1) is 15.3. The summed E-state index contributed by atoms with van der Waals surface area (Å²) >= 11 is 1.59. The second-order valence-corrected chi connectivity index (χ2v) is 6.95. The highest BCUT2D eigenvalue weighted by Crippen LogP contribution is 2.17. The molecular formula is C16H20N6OS. The lowest BCUT2D eigenvalue weighted by Gasteiger charge is -2.13. The van der Waals surface area contributed by atoms with Gasteiger partial charge in [-0.25, -0.2) is 4.98 Å². The zero-order chi connectivity index (χ0) is 16.5. The van der Waals surface area contributed by atoms with E-state index in [0.29, 0.717) is 12.8 Å². The van der Waals surface area contributed by atoms with Crippen LogP contribution in [-0.4, -0.2) is 31.6 Å². The molecule has 1 aliphatic heterocycles. The molecule has 3 aromatic rings. The molecule has 126 valence electrons. The van der Waals surface area contributed by atoms with Gasteiger partial charge in [-0.05, 0) is 13.0 Å². The van der Waals surface area contributed by atoms with Crippen LogP contribution in [0.2, 0.25) is 0 Å². The lowest BCUT2D eigenvalue weighted by molar-refractivity contribution is -0.121. The van der Waals surface area contributed by atoms with Crippen LogP contribution in [0.15, 0.2) is 23.8 Å². The van der Waals surface area contributed by atoms with Gasteiger partial charge in [-0.1, -0.05) is 0 Å². The van der Waals surface area contributed by atoms with Crippen molar-refractivity contribution in [1.29, 1.82) is 0 Å². The Kier molecular flexibility index (Phi) is 4.07. The van der Waals surface area contributed by atoms with Crippen molar-refractivity contribution in [3.63, 3.8) is 0 Å². The van der Waals surface area contributed by atoms with Crippen LogP contribution in [0.5, 0.6) is 0 Å². The third-order valence-electron chi connectivity index (χ3n) is 4.26. The van der Waals surface area contributed by atoms with Gasteiger partial charge in [0.15, 0.2) is 4.96 Å². The number of nitrogens with one attached hydrogen (secondary N) is 2. The molecular weight excluding hydrogens is 324 g/mol. The summed E-state index contributed by atoms with van der Waals surface area (Å²) in [7, 11) is 0. The molecule has 4 rings (SSSR count). The maximum absolute atomic E-state index is 12.2. The van der Waals surface area contributed by atoms with Gasteiger partial charge in [0, 0.05) is 43.7 Å². The quantitative estimate of drug-likeness (QED) is 0.735. The van der Waals surface area contributed by atoms with Crippen molar-refractivity contribution < 1.29 is 4.79 Å². The van der Waals surface area contributed by atoms with Crippen molar-refractivity contribution in [3.05, 3.63) is 40.9 Å². The Labute approximate surface area is 143 Å². The first-order valence-corrected chi connectivity index (χ1v) is 9.05. The number of rotatable bonds is 5. The van der Waals surface area contributed by atoms with Crippen LogP contribution >= 0.6 is 11.3 Å². The zero-order valence-electron chi connectivity index (χ0n) is 13.5. The van der Waals surface area contributed by atoms with Crippen LogP contribution in [0.1, 0.15) is 36.5 Å². The minimum atomic E-state index is -0.0935. The molecule has 0 fully saturated rings. The van der Waals surface area contributed by atoms with E-state index >= 15 is 0 Å². The molecule has 0 bridgehead atoms. The Morgan fingerprint density at radius 3 is 3.29 bits per heavy atom. The topological polar surface area (TPSA) is 76.2 Å². The SMILES string of the molecule is CC(NC(=O)CCc1cc2n(n1)CCNC2)c1cn2ccsc2n1. The molecule has 1 aliphatic rings. The van der Waals surface area contributed by atoms with Gasteiger partial charge >= 0.3 is 0 Å². The minimum Gasteiger partial charge on any atom is -0.348 e. The molecule has 0 saturated heterocycles. The second-order valence-electron chi connectivity index (χ2n) is 6.07. The third-order valence-corrected chi connectivity index (χ3v) is 5.03. The van der Waals surface area contributed by atoms with E-state index in [2.05, 4.69) is 26.8 Å². The smallest absolute Gasteiger partial charge is 0.220 e. The van der Waals surface area contributed by atoms with Crippen LogP contribution in [0, 0.1) is 0 Å². The van der Waals surface area contributed by atoms with Gasteiger partial charge in [0.1, 0.15) is 0 Å².